The van der Waals surface area contributed by atoms with Crippen LogP contribution in [0.2, 0.25) is 0 Å². The number of fused-ring (bicyclic) bond motifs is 1. The molecule has 14 heteroatoms. The number of carbonyl (C=O) groups is 3. The number of H-pyrrole nitrogens is 1. The fourth-order valence-corrected chi connectivity index (χ4v) is 3.35. The number of benzene rings is 1. The molecule has 0 aliphatic rings. The molecule has 2 heterocycles. The van der Waals surface area contributed by atoms with Crippen LogP contribution in [0.5, 0.6) is 0 Å². The topological polar surface area (TPSA) is 190 Å². The Kier molecular flexibility index (Phi) is 8.45. The van der Waals surface area contributed by atoms with Gasteiger partial charge in [0.15, 0.2) is 16.8 Å². The summed E-state index contributed by atoms with van der Waals surface area (Å²) in [5.74, 6) is -1.22. The van der Waals surface area contributed by atoms with E-state index in [2.05, 4.69) is 20.3 Å². The first-order valence-corrected chi connectivity index (χ1v) is 11.3. The van der Waals surface area contributed by atoms with Gasteiger partial charge < -0.3 is 24.7 Å². The lowest BCUT2D eigenvalue weighted by atomic mass is 9.93. The van der Waals surface area contributed by atoms with Gasteiger partial charge in [-0.2, -0.15) is 4.98 Å². The Hall–Kier alpha value is -4.46. The monoisotopic (exact) mass is 516 g/mol. The van der Waals surface area contributed by atoms with Crippen LogP contribution >= 0.6 is 0 Å². The molecule has 1 amide bonds. The number of imidazole rings is 1. The van der Waals surface area contributed by atoms with Gasteiger partial charge in [-0.05, 0) is 25.8 Å². The van der Waals surface area contributed by atoms with Crippen LogP contribution in [0.15, 0.2) is 41.5 Å². The summed E-state index contributed by atoms with van der Waals surface area (Å²) in [6.07, 6.45) is 0.651. The minimum absolute atomic E-state index is 0.0106. The van der Waals surface area contributed by atoms with Crippen LogP contribution in [0.25, 0.3) is 11.2 Å². The molecule has 0 radical (unpaired) electrons. The average Bonchev–Trinajstić information content (AvgIpc) is 3.27. The molecule has 0 saturated heterocycles. The van der Waals surface area contributed by atoms with Gasteiger partial charge in [-0.15, -0.1) is 0 Å². The minimum atomic E-state index is -2.39. The highest BCUT2D eigenvalue weighted by Crippen LogP contribution is 2.30. The number of alkyl carbamates (subject to hydrolysis) is 1. The van der Waals surface area contributed by atoms with Crippen LogP contribution in [-0.4, -0.2) is 56.0 Å². The quantitative estimate of drug-likeness (QED) is 0.136. The number of carbonyl (C=O) groups excluding carboxylic acids is 3. The third kappa shape index (κ3) is 6.03. The highest BCUT2D eigenvalue weighted by Gasteiger charge is 2.58. The lowest BCUT2D eigenvalue weighted by Gasteiger charge is -2.41. The Morgan fingerprint density at radius 1 is 1.22 bits per heavy atom. The molecule has 0 saturated carbocycles. The van der Waals surface area contributed by atoms with Crippen molar-refractivity contribution in [2.45, 2.75) is 51.9 Å². The summed E-state index contributed by atoms with van der Waals surface area (Å²) in [6, 6.07) is 8.84. The van der Waals surface area contributed by atoms with Crippen molar-refractivity contribution in [1.82, 2.24) is 24.8 Å². The number of aromatic nitrogens is 4. The molecular weight excluding hydrogens is 488 g/mol. The number of hydrogen-bond donors (Lipinski definition) is 3. The molecule has 37 heavy (non-hydrogen) atoms. The standard InChI is InChI=1S/C23H28N6O8/c1-4-10-34-19(32)23(22(2,3)37-14-30,28-21(33)35-11-15-8-6-5-7-9-15)36-13-29-12-25-16-17(29)26-20(24)27-18(16)31/h5-9,12,14H,4,10-11,13H2,1-3H3,(H,28,33)(H3,24,26,27,31)/t23-/m0/s1. The molecule has 14 nitrogen and oxygen atoms in total. The first-order chi connectivity index (χ1) is 17.6. The zero-order valence-electron chi connectivity index (χ0n) is 20.6. The molecule has 0 unspecified atom stereocenters. The van der Waals surface area contributed by atoms with Gasteiger partial charge >= 0.3 is 12.1 Å². The minimum Gasteiger partial charge on any atom is -0.462 e. The summed E-state index contributed by atoms with van der Waals surface area (Å²) in [6.45, 7) is 3.96. The van der Waals surface area contributed by atoms with Crippen molar-refractivity contribution in [3.05, 3.63) is 52.6 Å². The maximum absolute atomic E-state index is 13.4. The molecular formula is C23H28N6O8. The third-order valence-corrected chi connectivity index (χ3v) is 5.32. The third-order valence-electron chi connectivity index (χ3n) is 5.32. The Morgan fingerprint density at radius 3 is 2.62 bits per heavy atom. The largest absolute Gasteiger partial charge is 0.462 e. The zero-order chi connectivity index (χ0) is 27.1. The zero-order valence-corrected chi connectivity index (χ0v) is 20.6. The second kappa shape index (κ2) is 11.5. The molecule has 0 aliphatic carbocycles. The lowest BCUT2D eigenvalue weighted by molar-refractivity contribution is -0.228. The van der Waals surface area contributed by atoms with E-state index in [1.165, 1.54) is 24.7 Å². The molecule has 1 atom stereocenters. The van der Waals surface area contributed by atoms with Crippen LogP contribution in [0, 0.1) is 0 Å². The number of anilines is 1. The molecule has 1 aromatic carbocycles. The van der Waals surface area contributed by atoms with E-state index < -0.39 is 35.7 Å². The van der Waals surface area contributed by atoms with Crippen LogP contribution in [0.3, 0.4) is 0 Å². The van der Waals surface area contributed by atoms with E-state index in [1.807, 2.05) is 6.07 Å². The normalized spacial score (nSPS) is 12.9. The van der Waals surface area contributed by atoms with E-state index in [0.29, 0.717) is 12.0 Å². The highest BCUT2D eigenvalue weighted by atomic mass is 16.6. The molecule has 3 aromatic rings. The van der Waals surface area contributed by atoms with Gasteiger partial charge in [0.1, 0.15) is 13.3 Å². The van der Waals surface area contributed by atoms with E-state index >= 15 is 0 Å². The summed E-state index contributed by atoms with van der Waals surface area (Å²) < 4.78 is 22.9. The summed E-state index contributed by atoms with van der Waals surface area (Å²) in [4.78, 5) is 60.0. The number of esters is 1. The van der Waals surface area contributed by atoms with E-state index in [-0.39, 0.29) is 36.8 Å². The Bertz CT molecular complexity index is 1310. The highest BCUT2D eigenvalue weighted by molar-refractivity contribution is 5.86. The van der Waals surface area contributed by atoms with Gasteiger partial charge in [-0.25, -0.2) is 14.6 Å². The van der Waals surface area contributed by atoms with Crippen LogP contribution < -0.4 is 16.6 Å². The maximum atomic E-state index is 13.4. The van der Waals surface area contributed by atoms with E-state index in [0.717, 1.165) is 0 Å². The van der Waals surface area contributed by atoms with Gasteiger partial charge in [-0.3, -0.25) is 24.5 Å². The second-order valence-electron chi connectivity index (χ2n) is 8.34. The van der Waals surface area contributed by atoms with Crippen molar-refractivity contribution >= 4 is 35.6 Å². The number of nitrogen functional groups attached to an aromatic ring is 1. The average molecular weight is 517 g/mol. The van der Waals surface area contributed by atoms with Crippen molar-refractivity contribution in [1.29, 1.82) is 0 Å². The molecule has 0 spiro atoms. The predicted octanol–water partition coefficient (Wildman–Crippen LogP) is 1.20. The molecule has 0 fully saturated rings. The van der Waals surface area contributed by atoms with Crippen LogP contribution in [0.4, 0.5) is 10.7 Å². The van der Waals surface area contributed by atoms with E-state index in [9.17, 15) is 19.2 Å². The maximum Gasteiger partial charge on any atom is 0.410 e. The SMILES string of the molecule is CCCOC(=O)[C@](NC(=O)OCc1ccccc1)(OCn1cnc2c(=O)[nH]c(N)nc21)C(C)(C)OC=O. The number of hydrogen-bond acceptors (Lipinski definition) is 11. The van der Waals surface area contributed by atoms with Gasteiger partial charge in [0, 0.05) is 0 Å². The summed E-state index contributed by atoms with van der Waals surface area (Å²) in [7, 11) is 0. The van der Waals surface area contributed by atoms with Gasteiger partial charge in [0.05, 0.1) is 12.9 Å². The van der Waals surface area contributed by atoms with Crippen molar-refractivity contribution in [3.63, 3.8) is 0 Å². The number of nitrogens with two attached hydrogens (primary N) is 1. The Labute approximate surface area is 211 Å². The predicted molar refractivity (Wildman–Crippen MR) is 129 cm³/mol. The lowest BCUT2D eigenvalue weighted by Crippen LogP contribution is -2.69. The van der Waals surface area contributed by atoms with Gasteiger partial charge in [0.25, 0.3) is 17.8 Å². The summed E-state index contributed by atoms with van der Waals surface area (Å²) in [5.41, 5.74) is 1.58. The molecule has 198 valence electrons. The molecule has 0 bridgehead atoms. The molecule has 4 N–H and O–H groups in total. The molecule has 3 rings (SSSR count). The van der Waals surface area contributed by atoms with Crippen molar-refractivity contribution in [3.8, 4) is 0 Å². The number of nitrogens with zero attached hydrogens (tertiary/aromatic N) is 3. The van der Waals surface area contributed by atoms with Crippen molar-refractivity contribution in [2.24, 2.45) is 0 Å². The van der Waals surface area contributed by atoms with Gasteiger partial charge in [-0.1, -0.05) is 37.3 Å². The smallest absolute Gasteiger partial charge is 0.410 e. The summed E-state index contributed by atoms with van der Waals surface area (Å²) >= 11 is 0. The molecule has 0 aliphatic heterocycles. The summed E-state index contributed by atoms with van der Waals surface area (Å²) in [5, 5.41) is 2.38. The fraction of sp³-hybridized carbons (Fsp3) is 0.391. The first-order valence-electron chi connectivity index (χ1n) is 11.3. The number of nitrogens with one attached hydrogen (secondary N) is 2. The molecule has 2 aromatic heterocycles. The van der Waals surface area contributed by atoms with E-state index in [1.54, 1.807) is 31.2 Å². The van der Waals surface area contributed by atoms with Crippen molar-refractivity contribution < 1.29 is 33.3 Å². The fourth-order valence-electron chi connectivity index (χ4n) is 3.35. The van der Waals surface area contributed by atoms with E-state index in [4.69, 9.17) is 24.7 Å². The number of amides is 1. The number of aromatic amines is 1. The van der Waals surface area contributed by atoms with Crippen LogP contribution in [-0.2, 0) is 41.9 Å². The van der Waals surface area contributed by atoms with Crippen molar-refractivity contribution in [2.75, 3.05) is 12.3 Å². The van der Waals surface area contributed by atoms with Crippen LogP contribution in [0.1, 0.15) is 32.8 Å². The number of ether oxygens (including phenoxy) is 4. The number of rotatable bonds is 12. The second-order valence-corrected chi connectivity index (χ2v) is 8.34. The Balaban J connectivity index is 1.96. The first kappa shape index (κ1) is 27.1. The Morgan fingerprint density at radius 2 is 1.95 bits per heavy atom. The van der Waals surface area contributed by atoms with Gasteiger partial charge in [0.2, 0.25) is 5.95 Å².